The van der Waals surface area contributed by atoms with Gasteiger partial charge in [0, 0.05) is 50.3 Å². The summed E-state index contributed by atoms with van der Waals surface area (Å²) in [4.78, 5) is 26.2. The van der Waals surface area contributed by atoms with Crippen molar-refractivity contribution < 1.29 is 4.79 Å². The molecule has 0 aliphatic carbocycles. The van der Waals surface area contributed by atoms with E-state index in [1.54, 1.807) is 6.20 Å². The molecule has 0 bridgehead atoms. The van der Waals surface area contributed by atoms with Gasteiger partial charge in [-0.3, -0.25) is 19.7 Å². The monoisotopic (exact) mass is 350 g/mol. The highest BCUT2D eigenvalue weighted by Crippen LogP contribution is 2.44. The highest BCUT2D eigenvalue weighted by atomic mass is 16.2. The molecule has 136 valence electrons. The summed E-state index contributed by atoms with van der Waals surface area (Å²) in [6.45, 7) is 4.94. The van der Waals surface area contributed by atoms with Gasteiger partial charge in [-0.15, -0.1) is 0 Å². The molecule has 2 aliphatic heterocycles. The average Bonchev–Trinajstić information content (AvgIpc) is 2.90. The maximum absolute atomic E-state index is 12.9. The first-order chi connectivity index (χ1) is 12.6. The molecular formula is C21H26N4O. The molecule has 2 fully saturated rings. The molecule has 26 heavy (non-hydrogen) atoms. The fourth-order valence-corrected chi connectivity index (χ4v) is 4.50. The van der Waals surface area contributed by atoms with E-state index in [1.165, 1.54) is 0 Å². The summed E-state index contributed by atoms with van der Waals surface area (Å²) in [5, 5.41) is 0. The zero-order valence-corrected chi connectivity index (χ0v) is 15.6. The van der Waals surface area contributed by atoms with Gasteiger partial charge in [0.1, 0.15) is 0 Å². The molecule has 1 atom stereocenters. The second-order valence-electron chi connectivity index (χ2n) is 7.71. The molecule has 2 aliphatic rings. The van der Waals surface area contributed by atoms with Crippen LogP contribution in [0.5, 0.6) is 0 Å². The third-order valence-corrected chi connectivity index (χ3v) is 6.13. The molecule has 4 rings (SSSR count). The Bertz CT molecular complexity index is 784. The number of nitrogens with zero attached hydrogens (tertiary/aromatic N) is 4. The van der Waals surface area contributed by atoms with Gasteiger partial charge in [-0.25, -0.2) is 0 Å². The molecular weight excluding hydrogens is 324 g/mol. The summed E-state index contributed by atoms with van der Waals surface area (Å²) in [6.07, 6.45) is 6.56. The third kappa shape index (κ3) is 3.12. The molecule has 4 heterocycles. The van der Waals surface area contributed by atoms with E-state index in [0.29, 0.717) is 0 Å². The number of pyridine rings is 2. The van der Waals surface area contributed by atoms with Crippen molar-refractivity contribution >= 4 is 5.91 Å². The summed E-state index contributed by atoms with van der Waals surface area (Å²) in [5.41, 5.74) is 3.24. The van der Waals surface area contributed by atoms with Crippen molar-refractivity contribution in [3.63, 3.8) is 0 Å². The van der Waals surface area contributed by atoms with Crippen molar-refractivity contribution in [2.75, 3.05) is 20.1 Å². The number of likely N-dealkylation sites (tertiary alicyclic amines) is 2. The maximum atomic E-state index is 12.9. The maximum Gasteiger partial charge on any atom is 0.230 e. The predicted molar refractivity (Wildman–Crippen MR) is 101 cm³/mol. The van der Waals surface area contributed by atoms with Crippen molar-refractivity contribution in [2.24, 2.45) is 0 Å². The summed E-state index contributed by atoms with van der Waals surface area (Å²) in [7, 11) is 1.98. The molecule has 5 heteroatoms. The minimum Gasteiger partial charge on any atom is -0.339 e. The molecule has 2 aromatic heterocycles. The first-order valence-electron chi connectivity index (χ1n) is 9.40. The molecule has 0 radical (unpaired) electrons. The lowest BCUT2D eigenvalue weighted by atomic mass is 9.81. The van der Waals surface area contributed by atoms with E-state index in [2.05, 4.69) is 27.0 Å². The first kappa shape index (κ1) is 17.2. The van der Waals surface area contributed by atoms with Crippen LogP contribution in [-0.2, 0) is 11.3 Å². The summed E-state index contributed by atoms with van der Waals surface area (Å²) in [5.74, 6) is 0.200. The van der Waals surface area contributed by atoms with Crippen LogP contribution in [-0.4, -0.2) is 51.4 Å². The second-order valence-corrected chi connectivity index (χ2v) is 7.71. The number of piperidine rings is 1. The Morgan fingerprint density at radius 2 is 2.00 bits per heavy atom. The number of carbonyl (C=O) groups is 1. The minimum absolute atomic E-state index is 0.00583. The highest BCUT2D eigenvalue weighted by molar-refractivity contribution is 5.86. The van der Waals surface area contributed by atoms with E-state index in [4.69, 9.17) is 0 Å². The number of aromatic nitrogens is 2. The molecule has 1 spiro atoms. The number of aryl methyl sites for hydroxylation is 1. The van der Waals surface area contributed by atoms with E-state index in [-0.39, 0.29) is 17.4 Å². The SMILES string of the molecule is Cc1cccc(CN2CCC3(CC2)C[C@H](c2cccnc2)C(=O)N3C)n1. The summed E-state index contributed by atoms with van der Waals surface area (Å²) in [6, 6.07) is 10.2. The highest BCUT2D eigenvalue weighted by Gasteiger charge is 2.50. The van der Waals surface area contributed by atoms with Crippen molar-refractivity contribution in [3.05, 3.63) is 59.7 Å². The van der Waals surface area contributed by atoms with Gasteiger partial charge >= 0.3 is 0 Å². The Kier molecular flexibility index (Phi) is 4.49. The quantitative estimate of drug-likeness (QED) is 0.854. The van der Waals surface area contributed by atoms with Crippen LogP contribution in [0.4, 0.5) is 0 Å². The van der Waals surface area contributed by atoms with Crippen LogP contribution < -0.4 is 0 Å². The number of hydrogen-bond donors (Lipinski definition) is 0. The Morgan fingerprint density at radius 3 is 2.69 bits per heavy atom. The molecule has 0 saturated carbocycles. The van der Waals surface area contributed by atoms with Crippen LogP contribution in [0, 0.1) is 6.92 Å². The Morgan fingerprint density at radius 1 is 1.19 bits per heavy atom. The molecule has 1 amide bonds. The van der Waals surface area contributed by atoms with Gasteiger partial charge < -0.3 is 4.90 Å². The van der Waals surface area contributed by atoms with Crippen LogP contribution in [0.1, 0.15) is 42.1 Å². The Labute approximate surface area is 155 Å². The van der Waals surface area contributed by atoms with Gasteiger partial charge in [0.05, 0.1) is 11.6 Å². The molecule has 0 N–H and O–H groups in total. The fraction of sp³-hybridized carbons (Fsp3) is 0.476. The normalized spacial score (nSPS) is 22.9. The average molecular weight is 350 g/mol. The zero-order chi connectivity index (χ0) is 18.1. The van der Waals surface area contributed by atoms with E-state index in [0.717, 1.165) is 55.8 Å². The van der Waals surface area contributed by atoms with Gasteiger partial charge in [-0.05, 0) is 49.9 Å². The first-order valence-corrected chi connectivity index (χ1v) is 9.40. The number of hydrogen-bond acceptors (Lipinski definition) is 4. The lowest BCUT2D eigenvalue weighted by Gasteiger charge is -2.43. The lowest BCUT2D eigenvalue weighted by Crippen LogP contribution is -2.51. The van der Waals surface area contributed by atoms with Crippen LogP contribution in [0.3, 0.4) is 0 Å². The van der Waals surface area contributed by atoms with Crippen LogP contribution >= 0.6 is 0 Å². The van der Waals surface area contributed by atoms with Gasteiger partial charge in [0.2, 0.25) is 5.91 Å². The van der Waals surface area contributed by atoms with Crippen LogP contribution in [0.25, 0.3) is 0 Å². The molecule has 2 saturated heterocycles. The smallest absolute Gasteiger partial charge is 0.230 e. The van der Waals surface area contributed by atoms with Crippen LogP contribution in [0.2, 0.25) is 0 Å². The van der Waals surface area contributed by atoms with E-state index in [1.807, 2.05) is 43.3 Å². The second kappa shape index (κ2) is 6.80. The van der Waals surface area contributed by atoms with Crippen molar-refractivity contribution in [1.82, 2.24) is 19.8 Å². The third-order valence-electron chi connectivity index (χ3n) is 6.13. The number of likely N-dealkylation sites (N-methyl/N-ethyl adjacent to an activating group) is 1. The van der Waals surface area contributed by atoms with Crippen molar-refractivity contribution in [2.45, 2.75) is 44.2 Å². The molecule has 5 nitrogen and oxygen atoms in total. The van der Waals surface area contributed by atoms with Crippen molar-refractivity contribution in [3.8, 4) is 0 Å². The zero-order valence-electron chi connectivity index (χ0n) is 15.6. The number of amides is 1. The van der Waals surface area contributed by atoms with E-state index < -0.39 is 0 Å². The fourth-order valence-electron chi connectivity index (χ4n) is 4.50. The molecule has 2 aromatic rings. The topological polar surface area (TPSA) is 49.3 Å². The van der Waals surface area contributed by atoms with Gasteiger partial charge in [0.25, 0.3) is 0 Å². The lowest BCUT2D eigenvalue weighted by molar-refractivity contribution is -0.131. The summed E-state index contributed by atoms with van der Waals surface area (Å²) < 4.78 is 0. The van der Waals surface area contributed by atoms with Gasteiger partial charge in [-0.2, -0.15) is 0 Å². The van der Waals surface area contributed by atoms with E-state index >= 15 is 0 Å². The van der Waals surface area contributed by atoms with Gasteiger partial charge in [0.15, 0.2) is 0 Å². The summed E-state index contributed by atoms with van der Waals surface area (Å²) >= 11 is 0. The number of carbonyl (C=O) groups excluding carboxylic acids is 1. The Balaban J connectivity index is 1.44. The molecule has 0 aromatic carbocycles. The van der Waals surface area contributed by atoms with Crippen molar-refractivity contribution in [1.29, 1.82) is 0 Å². The predicted octanol–water partition coefficient (Wildman–Crippen LogP) is 2.77. The minimum atomic E-state index is -0.0429. The Hall–Kier alpha value is -2.27. The standard InChI is InChI=1S/C21H26N4O/c1-16-5-3-7-18(23-16)15-25-11-8-21(9-12-25)13-19(20(26)24(21)2)17-6-4-10-22-14-17/h3-7,10,14,19H,8-9,11-13,15H2,1-2H3/t19-/m1/s1. The number of rotatable bonds is 3. The van der Waals surface area contributed by atoms with Crippen LogP contribution in [0.15, 0.2) is 42.7 Å². The largest absolute Gasteiger partial charge is 0.339 e. The molecule has 0 unspecified atom stereocenters. The van der Waals surface area contributed by atoms with Gasteiger partial charge in [-0.1, -0.05) is 12.1 Å². The van der Waals surface area contributed by atoms with E-state index in [9.17, 15) is 4.79 Å².